The number of nitrogens with zero attached hydrogens (tertiary/aromatic N) is 3. The minimum absolute atomic E-state index is 0.0966. The van der Waals surface area contributed by atoms with Crippen molar-refractivity contribution in [1.82, 2.24) is 9.29 Å². The van der Waals surface area contributed by atoms with E-state index in [2.05, 4.69) is 4.98 Å². The van der Waals surface area contributed by atoms with Crippen molar-refractivity contribution in [3.63, 3.8) is 0 Å². The van der Waals surface area contributed by atoms with Crippen molar-refractivity contribution in [3.8, 4) is 0 Å². The van der Waals surface area contributed by atoms with E-state index in [-0.39, 0.29) is 6.04 Å². The summed E-state index contributed by atoms with van der Waals surface area (Å²) in [5.74, 6) is 0.548. The highest BCUT2D eigenvalue weighted by Gasteiger charge is 2.32. The molecule has 0 amide bonds. The smallest absolute Gasteiger partial charge is 0.246 e. The number of rotatable bonds is 3. The van der Waals surface area contributed by atoms with Crippen molar-refractivity contribution in [2.45, 2.75) is 30.2 Å². The molecule has 0 spiro atoms. The molecule has 3 rings (SSSR count). The van der Waals surface area contributed by atoms with E-state index in [9.17, 15) is 8.42 Å². The highest BCUT2D eigenvalue weighted by atomic mass is 32.2. The molecule has 2 aliphatic heterocycles. The van der Waals surface area contributed by atoms with Gasteiger partial charge in [0.15, 0.2) is 0 Å². The average molecular weight is 296 g/mol. The van der Waals surface area contributed by atoms with Gasteiger partial charge in [-0.05, 0) is 31.4 Å². The first-order chi connectivity index (χ1) is 9.59. The van der Waals surface area contributed by atoms with E-state index in [0.717, 1.165) is 25.8 Å². The third-order valence-electron chi connectivity index (χ3n) is 3.96. The largest absolute Gasteiger partial charge is 0.354 e. The normalized spacial score (nSPS) is 24.4. The second-order valence-electron chi connectivity index (χ2n) is 5.43. The summed E-state index contributed by atoms with van der Waals surface area (Å²) < 4.78 is 27.0. The van der Waals surface area contributed by atoms with Gasteiger partial charge in [-0.1, -0.05) is 0 Å². The Morgan fingerprint density at radius 3 is 2.65 bits per heavy atom. The van der Waals surface area contributed by atoms with E-state index < -0.39 is 10.0 Å². The molecule has 2 aliphatic rings. The van der Waals surface area contributed by atoms with Crippen LogP contribution in [0.15, 0.2) is 23.2 Å². The Morgan fingerprint density at radius 1 is 1.25 bits per heavy atom. The van der Waals surface area contributed by atoms with Gasteiger partial charge in [0.1, 0.15) is 10.7 Å². The van der Waals surface area contributed by atoms with Gasteiger partial charge < -0.3 is 10.6 Å². The predicted octanol–water partition coefficient (Wildman–Crippen LogP) is 0.403. The summed E-state index contributed by atoms with van der Waals surface area (Å²) in [6.07, 6.45) is 4.38. The predicted molar refractivity (Wildman–Crippen MR) is 77.0 cm³/mol. The Kier molecular flexibility index (Phi) is 3.66. The molecule has 1 aromatic heterocycles. The summed E-state index contributed by atoms with van der Waals surface area (Å²) in [4.78, 5) is 6.59. The molecule has 1 atom stereocenters. The van der Waals surface area contributed by atoms with E-state index in [4.69, 9.17) is 5.73 Å². The molecule has 2 N–H and O–H groups in total. The van der Waals surface area contributed by atoms with Crippen LogP contribution in [0, 0.1) is 0 Å². The Labute approximate surface area is 119 Å². The van der Waals surface area contributed by atoms with Crippen LogP contribution in [0.1, 0.15) is 19.3 Å². The fourth-order valence-electron chi connectivity index (χ4n) is 2.87. The minimum atomic E-state index is -3.44. The summed E-state index contributed by atoms with van der Waals surface area (Å²) in [6.45, 7) is 2.65. The average Bonchev–Trinajstić information content (AvgIpc) is 3.10. The van der Waals surface area contributed by atoms with Gasteiger partial charge in [-0.3, -0.25) is 0 Å². The maximum atomic E-state index is 12.7. The molecule has 0 radical (unpaired) electrons. The number of nitrogens with two attached hydrogens (primary N) is 1. The molecule has 0 aromatic carbocycles. The zero-order chi connectivity index (χ0) is 14.2. The maximum Gasteiger partial charge on any atom is 0.246 e. The molecule has 6 nitrogen and oxygen atoms in total. The van der Waals surface area contributed by atoms with Crippen molar-refractivity contribution in [2.75, 3.05) is 31.1 Å². The van der Waals surface area contributed by atoms with E-state index in [1.165, 1.54) is 0 Å². The highest BCUT2D eigenvalue weighted by molar-refractivity contribution is 7.89. The van der Waals surface area contributed by atoms with E-state index in [1.54, 1.807) is 22.6 Å². The summed E-state index contributed by atoms with van der Waals surface area (Å²) in [5.41, 5.74) is 5.91. The van der Waals surface area contributed by atoms with Crippen molar-refractivity contribution in [3.05, 3.63) is 18.3 Å². The molecule has 1 aromatic rings. The summed E-state index contributed by atoms with van der Waals surface area (Å²) >= 11 is 0. The van der Waals surface area contributed by atoms with Crippen LogP contribution in [-0.2, 0) is 10.0 Å². The van der Waals surface area contributed by atoms with Crippen LogP contribution in [0.5, 0.6) is 0 Å². The second kappa shape index (κ2) is 5.31. The van der Waals surface area contributed by atoms with Gasteiger partial charge in [-0.2, -0.15) is 4.31 Å². The van der Waals surface area contributed by atoms with Gasteiger partial charge in [0.2, 0.25) is 10.0 Å². The fraction of sp³-hybridized carbons (Fsp3) is 0.615. The first-order valence-corrected chi connectivity index (χ1v) is 8.49. The molecule has 7 heteroatoms. The first-order valence-electron chi connectivity index (χ1n) is 7.05. The molecule has 0 saturated carbocycles. The van der Waals surface area contributed by atoms with E-state index in [0.29, 0.717) is 30.3 Å². The van der Waals surface area contributed by atoms with Crippen LogP contribution in [0.2, 0.25) is 0 Å². The number of sulfonamides is 1. The van der Waals surface area contributed by atoms with E-state index in [1.807, 2.05) is 4.90 Å². The van der Waals surface area contributed by atoms with E-state index >= 15 is 0 Å². The lowest BCUT2D eigenvalue weighted by atomic mass is 10.3. The standard InChI is InChI=1S/C13H20N4O2S/c14-11-5-9-16(10-11)13-12(4-3-6-15-13)20(18,19)17-7-1-2-8-17/h3-4,6,11H,1-2,5,7-10,14H2. The van der Waals surface area contributed by atoms with Crippen molar-refractivity contribution in [1.29, 1.82) is 0 Å². The first kappa shape index (κ1) is 13.8. The Hall–Kier alpha value is -1.18. The minimum Gasteiger partial charge on any atom is -0.354 e. The fourth-order valence-corrected chi connectivity index (χ4v) is 4.55. The van der Waals surface area contributed by atoms with Gasteiger partial charge in [0, 0.05) is 38.4 Å². The van der Waals surface area contributed by atoms with Crippen LogP contribution in [-0.4, -0.2) is 49.9 Å². The van der Waals surface area contributed by atoms with Crippen LogP contribution >= 0.6 is 0 Å². The number of aromatic nitrogens is 1. The monoisotopic (exact) mass is 296 g/mol. The molecular weight excluding hydrogens is 276 g/mol. The van der Waals surface area contributed by atoms with Gasteiger partial charge in [0.05, 0.1) is 0 Å². The summed E-state index contributed by atoms with van der Waals surface area (Å²) in [5, 5.41) is 0. The molecule has 0 bridgehead atoms. The topological polar surface area (TPSA) is 79.5 Å². The highest BCUT2D eigenvalue weighted by Crippen LogP contribution is 2.29. The molecule has 20 heavy (non-hydrogen) atoms. The quantitative estimate of drug-likeness (QED) is 0.873. The Bertz CT molecular complexity index is 584. The molecule has 1 unspecified atom stereocenters. The second-order valence-corrected chi connectivity index (χ2v) is 7.34. The summed E-state index contributed by atoms with van der Waals surface area (Å²) in [6, 6.07) is 3.43. The van der Waals surface area contributed by atoms with Gasteiger partial charge in [-0.25, -0.2) is 13.4 Å². The Morgan fingerprint density at radius 2 is 2.00 bits per heavy atom. The summed E-state index contributed by atoms with van der Waals surface area (Å²) in [7, 11) is -3.44. The van der Waals surface area contributed by atoms with Gasteiger partial charge in [0.25, 0.3) is 0 Å². The molecule has 2 saturated heterocycles. The molecule has 0 aliphatic carbocycles. The van der Waals surface area contributed by atoms with Gasteiger partial charge >= 0.3 is 0 Å². The maximum absolute atomic E-state index is 12.7. The molecule has 3 heterocycles. The molecular formula is C13H20N4O2S. The van der Waals surface area contributed by atoms with Gasteiger partial charge in [-0.15, -0.1) is 0 Å². The van der Waals surface area contributed by atoms with Crippen LogP contribution in [0.3, 0.4) is 0 Å². The molecule has 110 valence electrons. The van der Waals surface area contributed by atoms with Crippen LogP contribution in [0.25, 0.3) is 0 Å². The number of pyridine rings is 1. The lowest BCUT2D eigenvalue weighted by molar-refractivity contribution is 0.477. The zero-order valence-corrected chi connectivity index (χ0v) is 12.2. The lowest BCUT2D eigenvalue weighted by Crippen LogP contribution is -2.32. The number of hydrogen-bond donors (Lipinski definition) is 1. The van der Waals surface area contributed by atoms with Crippen LogP contribution < -0.4 is 10.6 Å². The third kappa shape index (κ3) is 2.41. The molecule has 2 fully saturated rings. The van der Waals surface area contributed by atoms with Crippen LogP contribution in [0.4, 0.5) is 5.82 Å². The Balaban J connectivity index is 1.97. The number of hydrogen-bond acceptors (Lipinski definition) is 5. The zero-order valence-electron chi connectivity index (χ0n) is 11.4. The number of anilines is 1. The lowest BCUT2D eigenvalue weighted by Gasteiger charge is -2.22. The van der Waals surface area contributed by atoms with Crippen molar-refractivity contribution < 1.29 is 8.42 Å². The SMILES string of the molecule is NC1CCN(c2ncccc2S(=O)(=O)N2CCCC2)C1. The third-order valence-corrected chi connectivity index (χ3v) is 5.88. The van der Waals surface area contributed by atoms with Crippen molar-refractivity contribution >= 4 is 15.8 Å². The van der Waals surface area contributed by atoms with Crippen molar-refractivity contribution in [2.24, 2.45) is 5.73 Å².